The van der Waals surface area contributed by atoms with Gasteiger partial charge in [0.15, 0.2) is 5.69 Å². The minimum atomic E-state index is -0.265. The van der Waals surface area contributed by atoms with E-state index >= 15 is 0 Å². The first kappa shape index (κ1) is 14.3. The second-order valence-corrected chi connectivity index (χ2v) is 5.07. The number of fused-ring (bicyclic) bond motifs is 1. The van der Waals surface area contributed by atoms with E-state index in [4.69, 9.17) is 17.0 Å². The fraction of sp³-hybridized carbons (Fsp3) is 0.176. The zero-order chi connectivity index (χ0) is 15.5. The van der Waals surface area contributed by atoms with Crippen LogP contribution in [0, 0.1) is 6.57 Å². The summed E-state index contributed by atoms with van der Waals surface area (Å²) < 4.78 is 5.06. The highest BCUT2D eigenvalue weighted by Gasteiger charge is 2.11. The van der Waals surface area contributed by atoms with Gasteiger partial charge in [-0.15, -0.1) is 0 Å². The van der Waals surface area contributed by atoms with E-state index in [-0.39, 0.29) is 6.04 Å². The van der Waals surface area contributed by atoms with E-state index in [9.17, 15) is 0 Å². The van der Waals surface area contributed by atoms with Crippen LogP contribution in [-0.4, -0.2) is 23.7 Å². The maximum atomic E-state index is 6.99. The molecule has 1 aromatic heterocycles. The molecule has 22 heavy (non-hydrogen) atoms. The predicted octanol–water partition coefficient (Wildman–Crippen LogP) is 3.43. The van der Waals surface area contributed by atoms with E-state index in [1.54, 1.807) is 7.11 Å². The third-order valence-electron chi connectivity index (χ3n) is 3.53. The number of ether oxygens (including phenoxy) is 1. The van der Waals surface area contributed by atoms with Crippen LogP contribution in [0.25, 0.3) is 27.0 Å². The maximum absolute atomic E-state index is 6.99. The minimum absolute atomic E-state index is 0.265. The smallest absolute Gasteiger partial charge is 0.187 e. The van der Waals surface area contributed by atoms with Crippen LogP contribution in [0.4, 0.5) is 5.69 Å². The quantitative estimate of drug-likeness (QED) is 0.724. The lowest BCUT2D eigenvalue weighted by atomic mass is 10.0. The molecule has 0 unspecified atom stereocenters. The molecule has 3 N–H and O–H groups in total. The largest absolute Gasteiger partial charge is 0.383 e. The number of imidazole rings is 1. The second-order valence-electron chi connectivity index (χ2n) is 5.07. The first-order chi connectivity index (χ1) is 10.7. The Balaban J connectivity index is 1.96. The van der Waals surface area contributed by atoms with Crippen molar-refractivity contribution in [2.75, 3.05) is 13.7 Å². The summed E-state index contributed by atoms with van der Waals surface area (Å²) in [6.45, 7) is 7.41. The average Bonchev–Trinajstić information content (AvgIpc) is 2.98. The Kier molecular flexibility index (Phi) is 3.88. The van der Waals surface area contributed by atoms with Crippen molar-refractivity contribution in [3.8, 4) is 11.1 Å². The first-order valence-electron chi connectivity index (χ1n) is 6.93. The van der Waals surface area contributed by atoms with E-state index < -0.39 is 0 Å². The maximum Gasteiger partial charge on any atom is 0.187 e. The van der Waals surface area contributed by atoms with E-state index in [2.05, 4.69) is 14.8 Å². The van der Waals surface area contributed by atoms with Crippen LogP contribution < -0.4 is 5.73 Å². The van der Waals surface area contributed by atoms with Crippen LogP contribution in [0.5, 0.6) is 0 Å². The normalized spacial score (nSPS) is 12.2. The molecule has 0 saturated carbocycles. The van der Waals surface area contributed by atoms with Crippen molar-refractivity contribution >= 4 is 16.7 Å². The summed E-state index contributed by atoms with van der Waals surface area (Å²) in [6, 6.07) is 13.3. The number of aromatic nitrogens is 2. The summed E-state index contributed by atoms with van der Waals surface area (Å²) in [7, 11) is 1.62. The van der Waals surface area contributed by atoms with Gasteiger partial charge in [-0.1, -0.05) is 30.3 Å². The van der Waals surface area contributed by atoms with E-state index in [0.29, 0.717) is 12.3 Å². The van der Waals surface area contributed by atoms with Gasteiger partial charge in [0.1, 0.15) is 5.82 Å². The Hall–Kier alpha value is -2.68. The van der Waals surface area contributed by atoms with E-state index in [1.165, 1.54) is 0 Å². The lowest BCUT2D eigenvalue weighted by Crippen LogP contribution is -2.17. The lowest BCUT2D eigenvalue weighted by molar-refractivity contribution is 0.178. The molecule has 0 saturated heterocycles. The Bertz CT molecular complexity index is 830. The number of aromatic amines is 1. The van der Waals surface area contributed by atoms with Gasteiger partial charge >= 0.3 is 0 Å². The minimum Gasteiger partial charge on any atom is -0.383 e. The molecule has 0 aliphatic heterocycles. The highest BCUT2D eigenvalue weighted by molar-refractivity contribution is 5.82. The zero-order valence-corrected chi connectivity index (χ0v) is 12.2. The second kappa shape index (κ2) is 5.98. The van der Waals surface area contributed by atoms with Gasteiger partial charge < -0.3 is 15.5 Å². The lowest BCUT2D eigenvalue weighted by Gasteiger charge is -2.05. The summed E-state index contributed by atoms with van der Waals surface area (Å²) >= 11 is 0. The van der Waals surface area contributed by atoms with Crippen molar-refractivity contribution in [3.63, 3.8) is 0 Å². The van der Waals surface area contributed by atoms with Crippen molar-refractivity contribution in [2.24, 2.45) is 5.73 Å². The molecule has 3 rings (SSSR count). The molecule has 0 amide bonds. The topological polar surface area (TPSA) is 68.3 Å². The summed E-state index contributed by atoms with van der Waals surface area (Å²) in [6.07, 6.45) is 0. The van der Waals surface area contributed by atoms with Crippen LogP contribution >= 0.6 is 0 Å². The number of nitrogens with zero attached hydrogens (tertiary/aromatic N) is 2. The van der Waals surface area contributed by atoms with Gasteiger partial charge in [-0.3, -0.25) is 0 Å². The van der Waals surface area contributed by atoms with Crippen LogP contribution in [0.2, 0.25) is 0 Å². The van der Waals surface area contributed by atoms with Crippen molar-refractivity contribution in [1.29, 1.82) is 0 Å². The fourth-order valence-corrected chi connectivity index (χ4v) is 2.37. The SMILES string of the molecule is [C-]#[N+]c1ccc(-c2ccc3nc([C@@H](N)COC)[nH]c3c2)cc1. The van der Waals surface area contributed by atoms with Crippen LogP contribution in [0.3, 0.4) is 0 Å². The number of nitrogens with one attached hydrogen (secondary N) is 1. The van der Waals surface area contributed by atoms with Crippen LogP contribution in [-0.2, 0) is 4.74 Å². The fourth-order valence-electron chi connectivity index (χ4n) is 2.37. The summed E-state index contributed by atoms with van der Waals surface area (Å²) in [4.78, 5) is 11.1. The molecule has 2 aromatic carbocycles. The Morgan fingerprint density at radius 2 is 1.95 bits per heavy atom. The van der Waals surface area contributed by atoms with Gasteiger partial charge in [-0.05, 0) is 23.3 Å². The van der Waals surface area contributed by atoms with Gasteiger partial charge in [-0.2, -0.15) is 0 Å². The Labute approximate surface area is 128 Å². The predicted molar refractivity (Wildman–Crippen MR) is 86.6 cm³/mol. The molecule has 110 valence electrons. The van der Waals surface area contributed by atoms with Gasteiger partial charge in [0.25, 0.3) is 0 Å². The van der Waals surface area contributed by atoms with Gasteiger partial charge in [0.05, 0.1) is 30.3 Å². The molecule has 3 aromatic rings. The van der Waals surface area contributed by atoms with Crippen molar-refractivity contribution in [3.05, 3.63) is 59.7 Å². The highest BCUT2D eigenvalue weighted by Crippen LogP contribution is 2.26. The van der Waals surface area contributed by atoms with E-state index in [0.717, 1.165) is 28.0 Å². The Morgan fingerprint density at radius 1 is 1.23 bits per heavy atom. The third kappa shape index (κ3) is 2.70. The Morgan fingerprint density at radius 3 is 2.64 bits per heavy atom. The number of hydrogen-bond acceptors (Lipinski definition) is 3. The van der Waals surface area contributed by atoms with Crippen LogP contribution in [0.15, 0.2) is 42.5 Å². The molecule has 0 radical (unpaired) electrons. The molecule has 0 fully saturated rings. The molecule has 0 bridgehead atoms. The van der Waals surface area contributed by atoms with Gasteiger partial charge in [0, 0.05) is 7.11 Å². The summed E-state index contributed by atoms with van der Waals surface area (Å²) in [5.74, 6) is 0.720. The van der Waals surface area contributed by atoms with Gasteiger partial charge in [0.2, 0.25) is 0 Å². The number of nitrogens with two attached hydrogens (primary N) is 1. The molecule has 0 spiro atoms. The third-order valence-corrected chi connectivity index (χ3v) is 3.53. The van der Waals surface area contributed by atoms with Crippen molar-refractivity contribution < 1.29 is 4.74 Å². The zero-order valence-electron chi connectivity index (χ0n) is 12.2. The monoisotopic (exact) mass is 292 g/mol. The average molecular weight is 292 g/mol. The molecule has 5 heteroatoms. The number of rotatable bonds is 4. The standard InChI is InChI=1S/C17H16N4O/c1-19-13-6-3-11(4-7-13)12-5-8-15-16(9-12)21-17(20-15)14(18)10-22-2/h3-9,14H,10,18H2,2H3,(H,20,21)/t14-/m0/s1. The van der Waals surface area contributed by atoms with Crippen LogP contribution in [0.1, 0.15) is 11.9 Å². The molecular formula is C17H16N4O. The molecule has 5 nitrogen and oxygen atoms in total. The molecule has 0 aliphatic rings. The molecular weight excluding hydrogens is 276 g/mol. The summed E-state index contributed by atoms with van der Waals surface area (Å²) in [5, 5.41) is 0. The highest BCUT2D eigenvalue weighted by atomic mass is 16.5. The van der Waals surface area contributed by atoms with Crippen molar-refractivity contribution in [2.45, 2.75) is 6.04 Å². The molecule has 1 atom stereocenters. The summed E-state index contributed by atoms with van der Waals surface area (Å²) in [5.41, 5.74) is 10.6. The molecule has 1 heterocycles. The number of H-pyrrole nitrogens is 1. The molecule has 0 aliphatic carbocycles. The van der Waals surface area contributed by atoms with Gasteiger partial charge in [-0.25, -0.2) is 9.83 Å². The number of methoxy groups -OCH3 is 1. The number of hydrogen-bond donors (Lipinski definition) is 2. The van der Waals surface area contributed by atoms with E-state index in [1.807, 2.05) is 42.5 Å². The number of benzene rings is 2. The first-order valence-corrected chi connectivity index (χ1v) is 6.93. The van der Waals surface area contributed by atoms with Crippen molar-refractivity contribution in [1.82, 2.24) is 9.97 Å².